The molecule has 1 N–H and O–H groups in total. The van der Waals surface area contributed by atoms with E-state index >= 15 is 0 Å². The molecule has 2 aliphatic rings. The van der Waals surface area contributed by atoms with E-state index in [1.807, 2.05) is 6.92 Å². The normalized spacial score (nSPS) is 24.8. The van der Waals surface area contributed by atoms with Crippen molar-refractivity contribution in [2.45, 2.75) is 64.2 Å². The largest absolute Gasteiger partial charge is 0.376 e. The lowest BCUT2D eigenvalue weighted by Crippen LogP contribution is -2.40. The molecule has 6 nitrogen and oxygen atoms in total. The molecule has 2 fully saturated rings. The smallest absolute Gasteiger partial charge is 0.251 e. The summed E-state index contributed by atoms with van der Waals surface area (Å²) in [6.45, 7) is 7.51. The first-order valence-corrected chi connectivity index (χ1v) is 9.17. The lowest BCUT2D eigenvalue weighted by molar-refractivity contribution is -0.0770. The Morgan fingerprint density at radius 1 is 1.38 bits per heavy atom. The zero-order chi connectivity index (χ0) is 16.9. The van der Waals surface area contributed by atoms with Gasteiger partial charge in [-0.3, -0.25) is 9.69 Å². The zero-order valence-corrected chi connectivity index (χ0v) is 14.8. The Labute approximate surface area is 143 Å². The standard InChI is InChI=1S/C18H29N3O3/c1-13-11-17(22)20-18(19-13)14(2)21-8-6-15(7-9-21)24-12-16-5-3-4-10-23-16/h11,14-16H,3-10,12H2,1-2H3,(H,19,20,22)/t14-,16-/m0/s1. The fourth-order valence-electron chi connectivity index (χ4n) is 3.59. The molecule has 3 rings (SSSR count). The summed E-state index contributed by atoms with van der Waals surface area (Å²) in [4.78, 5) is 21.4. The number of hydrogen-bond acceptors (Lipinski definition) is 5. The van der Waals surface area contributed by atoms with Gasteiger partial charge in [0.2, 0.25) is 0 Å². The van der Waals surface area contributed by atoms with Crippen molar-refractivity contribution >= 4 is 0 Å². The third-order valence-corrected chi connectivity index (χ3v) is 5.10. The fraction of sp³-hybridized carbons (Fsp3) is 0.778. The third kappa shape index (κ3) is 4.65. The van der Waals surface area contributed by atoms with Crippen LogP contribution in [0.1, 0.15) is 56.6 Å². The van der Waals surface area contributed by atoms with Crippen LogP contribution in [0.2, 0.25) is 0 Å². The average Bonchev–Trinajstić information content (AvgIpc) is 2.60. The second kappa shape index (κ2) is 8.23. The maximum Gasteiger partial charge on any atom is 0.251 e. The van der Waals surface area contributed by atoms with Crippen molar-refractivity contribution in [2.75, 3.05) is 26.3 Å². The molecular formula is C18H29N3O3. The molecule has 24 heavy (non-hydrogen) atoms. The molecule has 0 radical (unpaired) electrons. The van der Waals surface area contributed by atoms with Crippen molar-refractivity contribution < 1.29 is 9.47 Å². The van der Waals surface area contributed by atoms with Gasteiger partial charge in [-0.25, -0.2) is 4.98 Å². The maximum absolute atomic E-state index is 11.6. The molecule has 0 saturated carbocycles. The van der Waals surface area contributed by atoms with E-state index in [2.05, 4.69) is 21.8 Å². The fourth-order valence-corrected chi connectivity index (χ4v) is 3.59. The molecule has 0 spiro atoms. The Kier molecular flexibility index (Phi) is 6.03. The predicted octanol–water partition coefficient (Wildman–Crippen LogP) is 2.19. The molecule has 0 aliphatic carbocycles. The molecule has 3 heterocycles. The minimum absolute atomic E-state index is 0.0740. The molecular weight excluding hydrogens is 306 g/mol. The number of piperidine rings is 1. The van der Waals surface area contributed by atoms with Crippen LogP contribution in [-0.4, -0.2) is 53.4 Å². The van der Waals surface area contributed by atoms with Gasteiger partial charge in [0.25, 0.3) is 5.56 Å². The number of aromatic nitrogens is 2. The summed E-state index contributed by atoms with van der Waals surface area (Å²) in [7, 11) is 0. The summed E-state index contributed by atoms with van der Waals surface area (Å²) in [6.07, 6.45) is 6.22. The Hall–Kier alpha value is -1.24. The molecule has 0 unspecified atom stereocenters. The molecule has 2 atom stereocenters. The van der Waals surface area contributed by atoms with Gasteiger partial charge in [-0.05, 0) is 46.0 Å². The number of nitrogens with zero attached hydrogens (tertiary/aromatic N) is 2. The first kappa shape index (κ1) is 17.6. The van der Waals surface area contributed by atoms with Crippen LogP contribution < -0.4 is 5.56 Å². The lowest BCUT2D eigenvalue weighted by Gasteiger charge is -2.36. The second-order valence-electron chi connectivity index (χ2n) is 7.01. The van der Waals surface area contributed by atoms with Crippen molar-refractivity contribution in [2.24, 2.45) is 0 Å². The topological polar surface area (TPSA) is 67.5 Å². The highest BCUT2D eigenvalue weighted by Gasteiger charge is 2.26. The van der Waals surface area contributed by atoms with Gasteiger partial charge in [0.15, 0.2) is 0 Å². The summed E-state index contributed by atoms with van der Waals surface area (Å²) in [6, 6.07) is 1.66. The SMILES string of the molecule is Cc1cc(=O)[nH]c([C@H](C)N2CCC(OC[C@@H]3CCCCO3)CC2)n1. The van der Waals surface area contributed by atoms with Gasteiger partial charge in [0, 0.05) is 31.5 Å². The van der Waals surface area contributed by atoms with E-state index in [9.17, 15) is 4.79 Å². The van der Waals surface area contributed by atoms with Crippen LogP contribution >= 0.6 is 0 Å². The monoisotopic (exact) mass is 335 g/mol. The van der Waals surface area contributed by atoms with E-state index in [0.29, 0.717) is 6.10 Å². The van der Waals surface area contributed by atoms with E-state index in [1.54, 1.807) is 0 Å². The van der Waals surface area contributed by atoms with Crippen molar-refractivity contribution in [3.05, 3.63) is 27.9 Å². The maximum atomic E-state index is 11.6. The summed E-state index contributed by atoms with van der Waals surface area (Å²) in [5.74, 6) is 0.759. The Bertz CT molecular complexity index is 575. The summed E-state index contributed by atoms with van der Waals surface area (Å²) < 4.78 is 11.8. The molecule has 1 aromatic heterocycles. The van der Waals surface area contributed by atoms with E-state index in [0.717, 1.165) is 57.1 Å². The van der Waals surface area contributed by atoms with Gasteiger partial charge in [-0.15, -0.1) is 0 Å². The molecule has 6 heteroatoms. The summed E-state index contributed by atoms with van der Waals surface area (Å²) in [5, 5.41) is 0. The highest BCUT2D eigenvalue weighted by molar-refractivity contribution is 5.03. The Morgan fingerprint density at radius 2 is 2.17 bits per heavy atom. The Morgan fingerprint density at radius 3 is 2.83 bits per heavy atom. The van der Waals surface area contributed by atoms with Crippen molar-refractivity contribution in [3.63, 3.8) is 0 Å². The van der Waals surface area contributed by atoms with Crippen LogP contribution in [0, 0.1) is 6.92 Å². The molecule has 0 aromatic carbocycles. The molecule has 134 valence electrons. The van der Waals surface area contributed by atoms with E-state index < -0.39 is 0 Å². The van der Waals surface area contributed by atoms with Gasteiger partial charge in [-0.1, -0.05) is 0 Å². The first-order valence-electron chi connectivity index (χ1n) is 9.17. The number of aromatic amines is 1. The highest BCUT2D eigenvalue weighted by Crippen LogP contribution is 2.23. The van der Waals surface area contributed by atoms with Crippen molar-refractivity contribution in [1.82, 2.24) is 14.9 Å². The Balaban J connectivity index is 1.46. The highest BCUT2D eigenvalue weighted by atomic mass is 16.5. The zero-order valence-electron chi connectivity index (χ0n) is 14.8. The lowest BCUT2D eigenvalue weighted by atomic mass is 10.1. The van der Waals surface area contributed by atoms with Crippen molar-refractivity contribution in [1.29, 1.82) is 0 Å². The van der Waals surface area contributed by atoms with Crippen LogP contribution in [0.5, 0.6) is 0 Å². The molecule has 2 saturated heterocycles. The van der Waals surface area contributed by atoms with Gasteiger partial charge in [-0.2, -0.15) is 0 Å². The molecule has 0 amide bonds. The summed E-state index contributed by atoms with van der Waals surface area (Å²) >= 11 is 0. The number of ether oxygens (including phenoxy) is 2. The van der Waals surface area contributed by atoms with E-state index in [4.69, 9.17) is 9.47 Å². The van der Waals surface area contributed by atoms with Crippen LogP contribution in [0.3, 0.4) is 0 Å². The van der Waals surface area contributed by atoms with Crippen LogP contribution in [0.25, 0.3) is 0 Å². The molecule has 2 aliphatic heterocycles. The van der Waals surface area contributed by atoms with Gasteiger partial charge >= 0.3 is 0 Å². The van der Waals surface area contributed by atoms with Crippen molar-refractivity contribution in [3.8, 4) is 0 Å². The van der Waals surface area contributed by atoms with Gasteiger partial charge in [0.1, 0.15) is 5.82 Å². The van der Waals surface area contributed by atoms with Crippen LogP contribution in [0.15, 0.2) is 10.9 Å². The number of H-pyrrole nitrogens is 1. The predicted molar refractivity (Wildman–Crippen MR) is 92.1 cm³/mol. The van der Waals surface area contributed by atoms with E-state index in [-0.39, 0.29) is 17.7 Å². The minimum atomic E-state index is -0.0740. The molecule has 0 bridgehead atoms. The average molecular weight is 335 g/mol. The third-order valence-electron chi connectivity index (χ3n) is 5.10. The van der Waals surface area contributed by atoms with Gasteiger partial charge in [0.05, 0.1) is 24.9 Å². The number of aryl methyl sites for hydroxylation is 1. The number of nitrogens with one attached hydrogen (secondary N) is 1. The van der Waals surface area contributed by atoms with Gasteiger partial charge < -0.3 is 14.5 Å². The number of likely N-dealkylation sites (tertiary alicyclic amines) is 1. The quantitative estimate of drug-likeness (QED) is 0.893. The van der Waals surface area contributed by atoms with Crippen LogP contribution in [0.4, 0.5) is 0 Å². The second-order valence-corrected chi connectivity index (χ2v) is 7.01. The minimum Gasteiger partial charge on any atom is -0.376 e. The molecule has 1 aromatic rings. The number of rotatable bonds is 5. The number of hydrogen-bond donors (Lipinski definition) is 1. The summed E-state index contributed by atoms with van der Waals surface area (Å²) in [5.41, 5.74) is 0.696. The first-order chi connectivity index (χ1) is 11.6. The van der Waals surface area contributed by atoms with Crippen LogP contribution in [-0.2, 0) is 9.47 Å². The van der Waals surface area contributed by atoms with E-state index in [1.165, 1.54) is 18.9 Å².